The number of nitrogens with one attached hydrogen (secondary N) is 1. The predicted molar refractivity (Wildman–Crippen MR) is 116 cm³/mol. The molecule has 0 radical (unpaired) electrons. The van der Waals surface area contributed by atoms with E-state index in [9.17, 15) is 4.79 Å². The molecule has 154 valence electrons. The minimum Gasteiger partial charge on any atom is -0.361 e. The highest BCUT2D eigenvalue weighted by Crippen LogP contribution is 2.23. The van der Waals surface area contributed by atoms with Crippen LogP contribution in [-0.4, -0.2) is 30.6 Å². The Hall–Kier alpha value is -2.91. The Bertz CT molecular complexity index is 1210. The van der Waals surface area contributed by atoms with Crippen LogP contribution in [0.3, 0.4) is 0 Å². The predicted octanol–water partition coefficient (Wildman–Crippen LogP) is 4.45. The van der Waals surface area contributed by atoms with Crippen molar-refractivity contribution in [2.75, 3.05) is 5.32 Å². The standard InChI is InChI=1S/C20H18BrClN6O2/c1-12-4-3-5-14(6-12)8-28-11-17(21)19(25-28)24-20(29)18-16(13(2)30-26-18)10-27-9-15(22)7-23-27/h3-7,9,11H,8,10H2,1-2H3,(H,24,25,29). The number of nitrogens with zero attached hydrogens (tertiary/aromatic N) is 5. The second-order valence-electron chi connectivity index (χ2n) is 6.89. The molecule has 1 amide bonds. The maximum atomic E-state index is 12.8. The number of aromatic nitrogens is 5. The first-order valence-corrected chi connectivity index (χ1v) is 10.3. The molecule has 0 aliphatic carbocycles. The summed E-state index contributed by atoms with van der Waals surface area (Å²) in [7, 11) is 0. The molecule has 0 atom stereocenters. The van der Waals surface area contributed by atoms with Crippen LogP contribution in [0.15, 0.2) is 51.9 Å². The molecular weight excluding hydrogens is 472 g/mol. The fourth-order valence-electron chi connectivity index (χ4n) is 3.07. The lowest BCUT2D eigenvalue weighted by molar-refractivity contribution is 0.101. The van der Waals surface area contributed by atoms with Crippen LogP contribution in [0.2, 0.25) is 5.02 Å². The van der Waals surface area contributed by atoms with Gasteiger partial charge in [-0.15, -0.1) is 0 Å². The first-order chi connectivity index (χ1) is 14.4. The van der Waals surface area contributed by atoms with Gasteiger partial charge in [0.25, 0.3) is 5.91 Å². The number of amides is 1. The Morgan fingerprint density at radius 3 is 2.80 bits per heavy atom. The van der Waals surface area contributed by atoms with Crippen molar-refractivity contribution < 1.29 is 9.32 Å². The summed E-state index contributed by atoms with van der Waals surface area (Å²) in [4.78, 5) is 12.8. The molecule has 10 heteroatoms. The summed E-state index contributed by atoms with van der Waals surface area (Å²) in [6, 6.07) is 8.18. The number of halogens is 2. The molecule has 1 aromatic carbocycles. The van der Waals surface area contributed by atoms with Crippen molar-refractivity contribution in [2.45, 2.75) is 26.9 Å². The fourth-order valence-corrected chi connectivity index (χ4v) is 3.64. The lowest BCUT2D eigenvalue weighted by Gasteiger charge is -2.04. The molecular formula is C20H18BrClN6O2. The number of carbonyl (C=O) groups excluding carboxylic acids is 1. The van der Waals surface area contributed by atoms with Gasteiger partial charge in [0.15, 0.2) is 11.5 Å². The van der Waals surface area contributed by atoms with Crippen molar-refractivity contribution in [1.29, 1.82) is 0 Å². The molecule has 0 bridgehead atoms. The van der Waals surface area contributed by atoms with E-state index in [4.69, 9.17) is 16.1 Å². The van der Waals surface area contributed by atoms with Crippen molar-refractivity contribution in [1.82, 2.24) is 24.7 Å². The molecule has 4 aromatic rings. The molecule has 0 aliphatic heterocycles. The summed E-state index contributed by atoms with van der Waals surface area (Å²) in [5.41, 5.74) is 3.11. The zero-order valence-electron chi connectivity index (χ0n) is 16.3. The molecule has 30 heavy (non-hydrogen) atoms. The van der Waals surface area contributed by atoms with Gasteiger partial charge in [-0.2, -0.15) is 10.2 Å². The molecule has 0 saturated carbocycles. The Labute approximate surface area is 185 Å². The summed E-state index contributed by atoms with van der Waals surface area (Å²) < 4.78 is 9.28. The number of carbonyl (C=O) groups is 1. The van der Waals surface area contributed by atoms with Crippen LogP contribution in [0, 0.1) is 13.8 Å². The van der Waals surface area contributed by atoms with E-state index in [1.54, 1.807) is 22.5 Å². The molecule has 0 unspecified atom stereocenters. The Morgan fingerprint density at radius 1 is 1.23 bits per heavy atom. The number of benzene rings is 1. The van der Waals surface area contributed by atoms with Crippen LogP contribution >= 0.6 is 27.5 Å². The second kappa shape index (κ2) is 8.45. The molecule has 8 nitrogen and oxygen atoms in total. The topological polar surface area (TPSA) is 90.8 Å². The van der Waals surface area contributed by atoms with Crippen molar-refractivity contribution in [2.24, 2.45) is 0 Å². The van der Waals surface area contributed by atoms with Crippen LogP contribution < -0.4 is 5.32 Å². The van der Waals surface area contributed by atoms with E-state index < -0.39 is 5.91 Å². The van der Waals surface area contributed by atoms with E-state index >= 15 is 0 Å². The van der Waals surface area contributed by atoms with Gasteiger partial charge in [-0.25, -0.2) is 0 Å². The summed E-state index contributed by atoms with van der Waals surface area (Å²) >= 11 is 9.37. The van der Waals surface area contributed by atoms with Gasteiger partial charge >= 0.3 is 0 Å². The molecule has 1 N–H and O–H groups in total. The van der Waals surface area contributed by atoms with Crippen molar-refractivity contribution in [3.8, 4) is 0 Å². The van der Waals surface area contributed by atoms with Gasteiger partial charge in [-0.1, -0.05) is 46.6 Å². The minimum absolute atomic E-state index is 0.180. The molecule has 4 rings (SSSR count). The van der Waals surface area contributed by atoms with Gasteiger partial charge in [0.1, 0.15) is 5.76 Å². The van der Waals surface area contributed by atoms with Crippen molar-refractivity contribution >= 4 is 39.3 Å². The molecule has 0 fully saturated rings. The molecule has 3 aromatic heterocycles. The van der Waals surface area contributed by atoms with Crippen LogP contribution in [0.1, 0.15) is 32.9 Å². The second-order valence-corrected chi connectivity index (χ2v) is 8.18. The number of rotatable bonds is 6. The Morgan fingerprint density at radius 2 is 2.07 bits per heavy atom. The van der Waals surface area contributed by atoms with Crippen LogP contribution in [0.4, 0.5) is 5.82 Å². The first-order valence-electron chi connectivity index (χ1n) is 9.12. The summed E-state index contributed by atoms with van der Waals surface area (Å²) in [5.74, 6) is 0.527. The van der Waals surface area contributed by atoms with Gasteiger partial charge in [0, 0.05) is 18.0 Å². The fraction of sp³-hybridized carbons (Fsp3) is 0.200. The number of hydrogen-bond acceptors (Lipinski definition) is 5. The van der Waals surface area contributed by atoms with E-state index in [-0.39, 0.29) is 5.69 Å². The van der Waals surface area contributed by atoms with Crippen LogP contribution in [0.25, 0.3) is 0 Å². The zero-order chi connectivity index (χ0) is 21.3. The maximum Gasteiger partial charge on any atom is 0.279 e. The van der Waals surface area contributed by atoms with Crippen molar-refractivity contribution in [3.05, 3.63) is 80.5 Å². The zero-order valence-corrected chi connectivity index (χ0v) is 18.6. The third-order valence-electron chi connectivity index (χ3n) is 4.50. The number of anilines is 1. The average molecular weight is 490 g/mol. The highest BCUT2D eigenvalue weighted by molar-refractivity contribution is 9.10. The van der Waals surface area contributed by atoms with E-state index in [1.165, 1.54) is 11.8 Å². The Balaban J connectivity index is 1.51. The van der Waals surface area contributed by atoms with Gasteiger partial charge in [0.2, 0.25) is 0 Å². The number of aryl methyl sites for hydroxylation is 2. The van der Waals surface area contributed by atoms with Crippen LogP contribution in [0.5, 0.6) is 0 Å². The largest absolute Gasteiger partial charge is 0.361 e. The molecule has 3 heterocycles. The average Bonchev–Trinajstić information content (AvgIpc) is 3.36. The maximum absolute atomic E-state index is 12.8. The third kappa shape index (κ3) is 4.47. The summed E-state index contributed by atoms with van der Waals surface area (Å²) in [5, 5.41) is 15.8. The lowest BCUT2D eigenvalue weighted by atomic mass is 10.1. The quantitative estimate of drug-likeness (QED) is 0.432. The van der Waals surface area contributed by atoms with Crippen molar-refractivity contribution in [3.63, 3.8) is 0 Å². The summed E-state index contributed by atoms with van der Waals surface area (Å²) in [6.45, 7) is 4.69. The highest BCUT2D eigenvalue weighted by atomic mass is 79.9. The first kappa shape index (κ1) is 20.4. The smallest absolute Gasteiger partial charge is 0.279 e. The molecule has 0 spiro atoms. The highest BCUT2D eigenvalue weighted by Gasteiger charge is 2.22. The SMILES string of the molecule is Cc1cccc(Cn2cc(Br)c(NC(=O)c3noc(C)c3Cn3cc(Cl)cn3)n2)c1. The van der Waals surface area contributed by atoms with Gasteiger partial charge in [0.05, 0.1) is 28.8 Å². The lowest BCUT2D eigenvalue weighted by Crippen LogP contribution is -2.17. The van der Waals surface area contributed by atoms with Crippen LogP contribution in [-0.2, 0) is 13.1 Å². The molecule has 0 saturated heterocycles. The van der Waals surface area contributed by atoms with E-state index in [1.807, 2.05) is 31.3 Å². The van der Waals surface area contributed by atoms with E-state index in [0.717, 1.165) is 5.56 Å². The summed E-state index contributed by atoms with van der Waals surface area (Å²) in [6.07, 6.45) is 5.01. The Kier molecular flexibility index (Phi) is 5.74. The van der Waals surface area contributed by atoms with E-state index in [0.29, 0.717) is 39.7 Å². The van der Waals surface area contributed by atoms with Gasteiger partial charge in [-0.05, 0) is 35.3 Å². The normalized spacial score (nSPS) is 11.1. The molecule has 0 aliphatic rings. The monoisotopic (exact) mass is 488 g/mol. The van der Waals surface area contributed by atoms with Gasteiger partial charge < -0.3 is 9.84 Å². The third-order valence-corrected chi connectivity index (χ3v) is 5.27. The van der Waals surface area contributed by atoms with Gasteiger partial charge in [-0.3, -0.25) is 14.2 Å². The van der Waals surface area contributed by atoms with E-state index in [2.05, 4.69) is 42.7 Å². The number of hydrogen-bond donors (Lipinski definition) is 1. The minimum atomic E-state index is -0.415.